The number of aromatic nitrogens is 2. The van der Waals surface area contributed by atoms with Gasteiger partial charge in [-0.1, -0.05) is 59.7 Å². The first-order valence-corrected chi connectivity index (χ1v) is 19.4. The van der Waals surface area contributed by atoms with Gasteiger partial charge in [-0.15, -0.1) is 16.3 Å². The molecule has 1 aromatic heterocycles. The van der Waals surface area contributed by atoms with Crippen LogP contribution < -0.4 is 25.6 Å². The minimum absolute atomic E-state index is 0.237. The Kier molecular flexibility index (Phi) is 11.9. The van der Waals surface area contributed by atoms with E-state index in [4.69, 9.17) is 23.5 Å². The van der Waals surface area contributed by atoms with E-state index < -0.39 is 54.6 Å². The van der Waals surface area contributed by atoms with Crippen LogP contribution in [0.5, 0.6) is 11.5 Å². The number of nitrogens with zero attached hydrogens (tertiary/aromatic N) is 2. The number of carbonyl (C=O) groups is 1. The molecule has 4 aromatic rings. The fourth-order valence-electron chi connectivity index (χ4n) is 6.68. The summed E-state index contributed by atoms with van der Waals surface area (Å²) in [5.74, 6) is 1.90. The number of esters is 1. The minimum atomic E-state index is -2.49. The third-order valence-corrected chi connectivity index (χ3v) is 12.0. The third kappa shape index (κ3) is 7.84. The van der Waals surface area contributed by atoms with Crippen LogP contribution >= 0.6 is 19.9 Å². The number of aliphatic hydroxyl groups excluding tert-OH is 1. The zero-order valence-electron chi connectivity index (χ0n) is 30.1. The summed E-state index contributed by atoms with van der Waals surface area (Å²) in [6.07, 6.45) is -0.920. The highest BCUT2D eigenvalue weighted by molar-refractivity contribution is 8.02. The minimum Gasteiger partial charge on any atom is -0.497 e. The Morgan fingerprint density at radius 3 is 2.09 bits per heavy atom. The Bertz CT molecular complexity index is 1890. The van der Waals surface area contributed by atoms with Gasteiger partial charge in [-0.2, -0.15) is 4.98 Å². The number of benzene rings is 3. The Labute approximate surface area is 313 Å². The van der Waals surface area contributed by atoms with E-state index in [9.17, 15) is 19.3 Å². The maximum Gasteiger partial charge on any atom is 0.613 e. The van der Waals surface area contributed by atoms with Gasteiger partial charge < -0.3 is 29.4 Å². The van der Waals surface area contributed by atoms with Gasteiger partial charge >= 0.3 is 19.8 Å². The molecule has 15 heteroatoms. The van der Waals surface area contributed by atoms with Gasteiger partial charge in [-0.05, 0) is 84.5 Å². The maximum absolute atomic E-state index is 13.9. The zero-order chi connectivity index (χ0) is 37.8. The fourth-order valence-corrected chi connectivity index (χ4v) is 8.76. The first-order chi connectivity index (χ1) is 25.5. The number of thioether (sulfide) groups is 1. The molecule has 6 rings (SSSR count). The first-order valence-electron chi connectivity index (χ1n) is 17.3. The van der Waals surface area contributed by atoms with Crippen molar-refractivity contribution in [3.63, 3.8) is 0 Å². The molecule has 13 nitrogen and oxygen atoms in total. The van der Waals surface area contributed by atoms with Crippen molar-refractivity contribution < 1.29 is 37.9 Å². The molecule has 0 amide bonds. The molecular formula is C38H44N4O9PS+. The molecule has 0 aliphatic carbocycles. The number of carbonyl (C=O) groups excluding carboxylic acids is 1. The molecule has 6 atom stereocenters. The van der Waals surface area contributed by atoms with Gasteiger partial charge in [-0.25, -0.2) is 4.79 Å². The van der Waals surface area contributed by atoms with Crippen LogP contribution in [0.2, 0.25) is 0 Å². The summed E-state index contributed by atoms with van der Waals surface area (Å²) in [5.41, 5.74) is 1.05. The molecule has 0 bridgehead atoms. The second-order valence-corrected chi connectivity index (χ2v) is 15.6. The molecule has 2 aliphatic rings. The highest BCUT2D eigenvalue weighted by atomic mass is 32.2. The molecule has 1 unspecified atom stereocenters. The molecule has 53 heavy (non-hydrogen) atoms. The van der Waals surface area contributed by atoms with E-state index in [1.165, 1.54) is 23.3 Å². The summed E-state index contributed by atoms with van der Waals surface area (Å²) in [7, 11) is 0.739. The van der Waals surface area contributed by atoms with E-state index in [0.717, 1.165) is 22.4 Å². The number of methoxy groups -OCH3 is 2. The molecule has 280 valence electrons. The molecule has 2 fully saturated rings. The van der Waals surface area contributed by atoms with Crippen molar-refractivity contribution in [2.45, 2.75) is 68.1 Å². The average molecular weight is 764 g/mol. The average Bonchev–Trinajstić information content (AvgIpc) is 3.45. The van der Waals surface area contributed by atoms with Gasteiger partial charge in [0.2, 0.25) is 0 Å². The van der Waals surface area contributed by atoms with Gasteiger partial charge in [0.15, 0.2) is 6.23 Å². The molecule has 3 N–H and O–H groups in total. The number of hydrogen-bond donors (Lipinski definition) is 3. The lowest BCUT2D eigenvalue weighted by atomic mass is 9.77. The summed E-state index contributed by atoms with van der Waals surface area (Å²) < 4.78 is 41.1. The van der Waals surface area contributed by atoms with Gasteiger partial charge in [0.05, 0.1) is 25.1 Å². The Hall–Kier alpha value is -4.30. The van der Waals surface area contributed by atoms with Crippen LogP contribution in [-0.2, 0) is 28.9 Å². The van der Waals surface area contributed by atoms with Crippen molar-refractivity contribution in [1.82, 2.24) is 14.6 Å². The van der Waals surface area contributed by atoms with Crippen LogP contribution in [0.3, 0.4) is 0 Å². The zero-order valence-corrected chi connectivity index (χ0v) is 31.8. The van der Waals surface area contributed by atoms with Crippen LogP contribution in [0.25, 0.3) is 0 Å². The largest absolute Gasteiger partial charge is 0.613 e. The van der Waals surface area contributed by atoms with Crippen molar-refractivity contribution in [3.8, 4) is 11.5 Å². The predicted octanol–water partition coefficient (Wildman–Crippen LogP) is 5.40. The van der Waals surface area contributed by atoms with Crippen molar-refractivity contribution in [3.05, 3.63) is 118 Å². The van der Waals surface area contributed by atoms with Crippen LogP contribution in [0, 0.1) is 0 Å². The normalized spacial score (nSPS) is 21.9. The monoisotopic (exact) mass is 763 g/mol. The van der Waals surface area contributed by atoms with Crippen LogP contribution in [0.15, 0.2) is 95.9 Å². The van der Waals surface area contributed by atoms with E-state index >= 15 is 0 Å². The molecular weight excluding hydrogens is 719 g/mol. The third-order valence-electron chi connectivity index (χ3n) is 9.45. The van der Waals surface area contributed by atoms with Crippen molar-refractivity contribution in [2.75, 3.05) is 31.9 Å². The summed E-state index contributed by atoms with van der Waals surface area (Å²) in [5, 5.41) is 17.6. The van der Waals surface area contributed by atoms with Gasteiger partial charge in [0.1, 0.15) is 47.7 Å². The quantitative estimate of drug-likeness (QED) is 0.0804. The maximum atomic E-state index is 13.9. The second kappa shape index (κ2) is 16.4. The van der Waals surface area contributed by atoms with Gasteiger partial charge in [0.25, 0.3) is 0 Å². The topological polar surface area (TPSA) is 159 Å². The van der Waals surface area contributed by atoms with Crippen LogP contribution in [0.1, 0.15) is 50.1 Å². The Morgan fingerprint density at radius 2 is 1.58 bits per heavy atom. The Balaban J connectivity index is 1.29. The van der Waals surface area contributed by atoms with Crippen molar-refractivity contribution in [2.24, 2.45) is 0 Å². The summed E-state index contributed by atoms with van der Waals surface area (Å²) in [4.78, 5) is 30.6. The van der Waals surface area contributed by atoms with E-state index in [0.29, 0.717) is 23.7 Å². The molecule has 2 aliphatic heterocycles. The lowest BCUT2D eigenvalue weighted by molar-refractivity contribution is -0.149. The number of aliphatic hydroxyl groups is 1. The molecule has 3 aromatic carbocycles. The predicted molar refractivity (Wildman–Crippen MR) is 202 cm³/mol. The van der Waals surface area contributed by atoms with E-state index in [1.54, 1.807) is 40.3 Å². The Morgan fingerprint density at radius 1 is 1.00 bits per heavy atom. The SMILES string of the molecule is COc1ccc(C(Nc2ccn([C@@H]3O[C@H](CO[P+](=O)N[C@@H](C)C(=O)OC(C)C)[C@@H](O)[C@]34CCS4)c(=O)n2)(c2ccccc2)c2ccc(OC)cc2)cc1. The molecule has 0 radical (unpaired) electrons. The standard InChI is InChI=1S/C38H43N4O9PS/c1-24(2)50-34(44)25(3)41-52(46)49-23-31-33(43)37(20-22-53-37)35(51-31)42-21-19-32(39-36(42)45)40-38(26-9-7-6-8-10-26,27-11-15-29(47-4)16-12-27)28-13-17-30(48-5)18-14-28/h6-19,21,24-25,31,33,35,43H,20,22-23H2,1-5H3,(H-,39,40,41,45,46)/p+1/t25-,31+,33+,35+,37+/m0/s1. The molecule has 2 saturated heterocycles. The lowest BCUT2D eigenvalue weighted by Crippen LogP contribution is -2.51. The number of ether oxygens (including phenoxy) is 4. The number of rotatable bonds is 15. The van der Waals surface area contributed by atoms with Crippen LogP contribution in [-0.4, -0.2) is 76.3 Å². The van der Waals surface area contributed by atoms with E-state index in [-0.39, 0.29) is 12.7 Å². The summed E-state index contributed by atoms with van der Waals surface area (Å²) >= 11 is 1.50. The second-order valence-electron chi connectivity index (χ2n) is 13.1. The highest BCUT2D eigenvalue weighted by Gasteiger charge is 2.61. The molecule has 0 saturated carbocycles. The van der Waals surface area contributed by atoms with Crippen LogP contribution in [0.4, 0.5) is 5.82 Å². The van der Waals surface area contributed by atoms with Crippen molar-refractivity contribution in [1.29, 1.82) is 0 Å². The molecule has 1 spiro atoms. The highest BCUT2D eigenvalue weighted by Crippen LogP contribution is 2.56. The lowest BCUT2D eigenvalue weighted by Gasteiger charge is -2.43. The fraction of sp³-hybridized carbons (Fsp3) is 0.395. The van der Waals surface area contributed by atoms with E-state index in [1.807, 2.05) is 78.9 Å². The summed E-state index contributed by atoms with van der Waals surface area (Å²) in [6.45, 7) is 4.73. The summed E-state index contributed by atoms with van der Waals surface area (Å²) in [6, 6.07) is 26.1. The smallest absolute Gasteiger partial charge is 0.497 e. The van der Waals surface area contributed by atoms with Gasteiger partial charge in [0, 0.05) is 6.20 Å². The number of hydrogen-bond acceptors (Lipinski definition) is 12. The number of anilines is 1. The first kappa shape index (κ1) is 38.4. The molecule has 3 heterocycles. The van der Waals surface area contributed by atoms with Crippen molar-refractivity contribution >= 4 is 31.7 Å². The van der Waals surface area contributed by atoms with E-state index in [2.05, 4.69) is 15.4 Å². The number of nitrogens with one attached hydrogen (secondary N) is 2. The van der Waals surface area contributed by atoms with Gasteiger partial charge in [-0.3, -0.25) is 9.36 Å².